The summed E-state index contributed by atoms with van der Waals surface area (Å²) in [5.74, 6) is 0. The van der Waals surface area contributed by atoms with Gasteiger partial charge in [-0.25, -0.2) is 0 Å². The zero-order chi connectivity index (χ0) is 11.3. The molecule has 3 heteroatoms. The van der Waals surface area contributed by atoms with Crippen molar-refractivity contribution < 1.29 is 0 Å². The molecule has 0 radical (unpaired) electrons. The lowest BCUT2D eigenvalue weighted by atomic mass is 10.1. The number of hydrogen-bond donors (Lipinski definition) is 0. The molecule has 0 aliphatic rings. The molecule has 0 fully saturated rings. The molecular weight excluding hydrogens is 186 g/mol. The summed E-state index contributed by atoms with van der Waals surface area (Å²) in [6.07, 6.45) is 5.57. The topological polar surface area (TPSA) is 39.9 Å². The van der Waals surface area contributed by atoms with Crippen LogP contribution in [0.3, 0.4) is 0 Å². The van der Waals surface area contributed by atoms with Crippen LogP contribution >= 0.6 is 0 Å². The molecule has 0 unspecified atom stereocenters. The highest BCUT2D eigenvalue weighted by atomic mass is 15.1. The van der Waals surface area contributed by atoms with Crippen LogP contribution in [0.2, 0.25) is 0 Å². The minimum atomic E-state index is 0.473. The normalized spacial score (nSPS) is 10.1. The van der Waals surface area contributed by atoms with Gasteiger partial charge in [-0.15, -0.1) is 0 Å². The maximum absolute atomic E-state index is 8.99. The van der Waals surface area contributed by atoms with Gasteiger partial charge in [0.15, 0.2) is 0 Å². The largest absolute Gasteiger partial charge is 0.369 e. The number of aromatic nitrogens is 1. The van der Waals surface area contributed by atoms with Gasteiger partial charge in [0.25, 0.3) is 0 Å². The SMILES string of the molecule is CCC(CC)N(C)c1cnccc1C#N. The molecule has 0 saturated heterocycles. The molecule has 0 aliphatic heterocycles. The van der Waals surface area contributed by atoms with Gasteiger partial charge in [0, 0.05) is 19.3 Å². The predicted octanol–water partition coefficient (Wildman–Crippen LogP) is 2.58. The van der Waals surface area contributed by atoms with E-state index in [1.54, 1.807) is 18.5 Å². The molecule has 0 spiro atoms. The predicted molar refractivity (Wildman–Crippen MR) is 61.7 cm³/mol. The van der Waals surface area contributed by atoms with Crippen LogP contribution in [-0.4, -0.2) is 18.1 Å². The Balaban J connectivity index is 3.00. The van der Waals surface area contributed by atoms with Crippen molar-refractivity contribution in [3.63, 3.8) is 0 Å². The van der Waals surface area contributed by atoms with Gasteiger partial charge in [-0.3, -0.25) is 4.98 Å². The Hall–Kier alpha value is -1.56. The molecule has 0 saturated carbocycles. The number of rotatable bonds is 4. The van der Waals surface area contributed by atoms with Gasteiger partial charge in [-0.05, 0) is 18.9 Å². The van der Waals surface area contributed by atoms with E-state index in [2.05, 4.69) is 29.8 Å². The molecule has 0 N–H and O–H groups in total. The van der Waals surface area contributed by atoms with Crippen LogP contribution in [0.5, 0.6) is 0 Å². The third-order valence-electron chi connectivity index (χ3n) is 2.79. The van der Waals surface area contributed by atoms with Crippen LogP contribution in [-0.2, 0) is 0 Å². The molecule has 0 atom stereocenters. The highest BCUT2D eigenvalue weighted by molar-refractivity contribution is 5.57. The highest BCUT2D eigenvalue weighted by Gasteiger charge is 2.14. The van der Waals surface area contributed by atoms with Crippen molar-refractivity contribution in [1.29, 1.82) is 5.26 Å². The summed E-state index contributed by atoms with van der Waals surface area (Å²) in [6, 6.07) is 4.43. The average Bonchev–Trinajstić information content (AvgIpc) is 2.30. The van der Waals surface area contributed by atoms with Gasteiger partial charge in [-0.2, -0.15) is 5.26 Å². The second-order valence-corrected chi connectivity index (χ2v) is 3.59. The van der Waals surface area contributed by atoms with Gasteiger partial charge >= 0.3 is 0 Å². The van der Waals surface area contributed by atoms with Crippen molar-refractivity contribution in [2.45, 2.75) is 32.7 Å². The maximum Gasteiger partial charge on any atom is 0.101 e. The first kappa shape index (κ1) is 11.5. The molecule has 0 aromatic carbocycles. The summed E-state index contributed by atoms with van der Waals surface area (Å²) in [6.45, 7) is 4.32. The molecule has 1 aromatic heterocycles. The first-order chi connectivity index (χ1) is 7.24. The summed E-state index contributed by atoms with van der Waals surface area (Å²) in [4.78, 5) is 6.22. The molecular formula is C12H17N3. The Bertz CT molecular complexity index is 350. The van der Waals surface area contributed by atoms with E-state index in [0.29, 0.717) is 11.6 Å². The maximum atomic E-state index is 8.99. The first-order valence-corrected chi connectivity index (χ1v) is 5.31. The Morgan fingerprint density at radius 1 is 1.47 bits per heavy atom. The van der Waals surface area contributed by atoms with Gasteiger partial charge in [0.05, 0.1) is 17.4 Å². The third-order valence-corrected chi connectivity index (χ3v) is 2.79. The summed E-state index contributed by atoms with van der Waals surface area (Å²) in [5, 5.41) is 8.99. The zero-order valence-electron chi connectivity index (χ0n) is 9.57. The van der Waals surface area contributed by atoms with Gasteiger partial charge in [0.1, 0.15) is 6.07 Å². The fraction of sp³-hybridized carbons (Fsp3) is 0.500. The molecule has 1 rings (SSSR count). The van der Waals surface area contributed by atoms with E-state index in [9.17, 15) is 0 Å². The van der Waals surface area contributed by atoms with E-state index in [-0.39, 0.29) is 0 Å². The molecule has 1 aromatic rings. The number of nitrogens with zero attached hydrogens (tertiary/aromatic N) is 3. The fourth-order valence-electron chi connectivity index (χ4n) is 1.79. The average molecular weight is 203 g/mol. The quantitative estimate of drug-likeness (QED) is 0.755. The summed E-state index contributed by atoms with van der Waals surface area (Å²) in [7, 11) is 2.02. The van der Waals surface area contributed by atoms with Gasteiger partial charge in [0.2, 0.25) is 0 Å². The van der Waals surface area contributed by atoms with Crippen LogP contribution in [0, 0.1) is 11.3 Å². The highest BCUT2D eigenvalue weighted by Crippen LogP contribution is 2.21. The van der Waals surface area contributed by atoms with Crippen molar-refractivity contribution in [3.05, 3.63) is 24.0 Å². The molecule has 1 heterocycles. The lowest BCUT2D eigenvalue weighted by molar-refractivity contribution is 0.590. The van der Waals surface area contributed by atoms with Crippen LogP contribution in [0.25, 0.3) is 0 Å². The first-order valence-electron chi connectivity index (χ1n) is 5.31. The van der Waals surface area contributed by atoms with Crippen molar-refractivity contribution in [3.8, 4) is 6.07 Å². The van der Waals surface area contributed by atoms with Crippen molar-refractivity contribution in [1.82, 2.24) is 4.98 Å². The van der Waals surface area contributed by atoms with Gasteiger partial charge < -0.3 is 4.90 Å². The Kier molecular flexibility index (Phi) is 4.11. The molecule has 0 amide bonds. The molecule has 15 heavy (non-hydrogen) atoms. The van der Waals surface area contributed by atoms with E-state index in [1.807, 2.05) is 7.05 Å². The van der Waals surface area contributed by atoms with Crippen LogP contribution in [0.1, 0.15) is 32.3 Å². The second-order valence-electron chi connectivity index (χ2n) is 3.59. The molecule has 0 bridgehead atoms. The number of hydrogen-bond acceptors (Lipinski definition) is 3. The van der Waals surface area contributed by atoms with E-state index in [4.69, 9.17) is 5.26 Å². The van der Waals surface area contributed by atoms with E-state index >= 15 is 0 Å². The number of pyridine rings is 1. The smallest absolute Gasteiger partial charge is 0.101 e. The zero-order valence-corrected chi connectivity index (χ0v) is 9.57. The van der Waals surface area contributed by atoms with Gasteiger partial charge in [-0.1, -0.05) is 13.8 Å². The van der Waals surface area contributed by atoms with Crippen molar-refractivity contribution in [2.24, 2.45) is 0 Å². The van der Waals surface area contributed by atoms with E-state index in [1.165, 1.54) is 0 Å². The summed E-state index contributed by atoms with van der Waals surface area (Å²) < 4.78 is 0. The molecule has 3 nitrogen and oxygen atoms in total. The second kappa shape index (κ2) is 5.35. The van der Waals surface area contributed by atoms with Crippen LogP contribution in [0.4, 0.5) is 5.69 Å². The van der Waals surface area contributed by atoms with E-state index in [0.717, 1.165) is 18.5 Å². The minimum absolute atomic E-state index is 0.473. The third kappa shape index (κ3) is 2.47. The Morgan fingerprint density at radius 2 is 2.13 bits per heavy atom. The van der Waals surface area contributed by atoms with Crippen molar-refractivity contribution in [2.75, 3.05) is 11.9 Å². The van der Waals surface area contributed by atoms with Crippen molar-refractivity contribution >= 4 is 5.69 Å². The monoisotopic (exact) mass is 203 g/mol. The minimum Gasteiger partial charge on any atom is -0.369 e. The fourth-order valence-corrected chi connectivity index (χ4v) is 1.79. The number of nitriles is 1. The number of anilines is 1. The lowest BCUT2D eigenvalue weighted by Crippen LogP contribution is -2.31. The Labute approximate surface area is 91.4 Å². The van der Waals surface area contributed by atoms with Crippen LogP contribution in [0.15, 0.2) is 18.5 Å². The van der Waals surface area contributed by atoms with E-state index < -0.39 is 0 Å². The standard InChI is InChI=1S/C12H17N3/c1-4-11(5-2)15(3)12-9-14-7-6-10(12)8-13/h6-7,9,11H,4-5H2,1-3H3. The summed E-state index contributed by atoms with van der Waals surface area (Å²) in [5.41, 5.74) is 1.62. The molecule has 0 aliphatic carbocycles. The summed E-state index contributed by atoms with van der Waals surface area (Å²) >= 11 is 0. The Morgan fingerprint density at radius 3 is 2.67 bits per heavy atom. The van der Waals surface area contributed by atoms with Crippen LogP contribution < -0.4 is 4.90 Å². The molecule has 80 valence electrons. The lowest BCUT2D eigenvalue weighted by Gasteiger charge is -2.28.